The summed E-state index contributed by atoms with van der Waals surface area (Å²) in [6.07, 6.45) is -3.47. The Morgan fingerprint density at radius 2 is 1.42 bits per heavy atom. The zero-order valence-electron chi connectivity index (χ0n) is 10.8. The lowest BCUT2D eigenvalue weighted by Gasteiger charge is -2.22. The van der Waals surface area contributed by atoms with E-state index in [1.54, 1.807) is 0 Å². The van der Waals surface area contributed by atoms with Crippen molar-refractivity contribution in [1.82, 2.24) is 0 Å². The third kappa shape index (κ3) is 4.46. The van der Waals surface area contributed by atoms with Crippen molar-refractivity contribution in [3.8, 4) is 0 Å². The van der Waals surface area contributed by atoms with Gasteiger partial charge in [-0.1, -0.05) is 15.9 Å². The van der Waals surface area contributed by atoms with E-state index < -0.39 is 42.5 Å². The van der Waals surface area contributed by atoms with Gasteiger partial charge in [-0.2, -0.15) is 0 Å². The van der Waals surface area contributed by atoms with E-state index in [4.69, 9.17) is 18.9 Å². The van der Waals surface area contributed by atoms with Gasteiger partial charge >= 0.3 is 17.9 Å². The lowest BCUT2D eigenvalue weighted by Crippen LogP contribution is -2.41. The van der Waals surface area contributed by atoms with Crippen LogP contribution in [0, 0.1) is 0 Å². The van der Waals surface area contributed by atoms with Gasteiger partial charge in [-0.15, -0.1) is 0 Å². The van der Waals surface area contributed by atoms with Crippen LogP contribution in [0.2, 0.25) is 0 Å². The predicted octanol–water partition coefficient (Wildman–Crippen LogP) is 0.533. The molecule has 7 nitrogen and oxygen atoms in total. The van der Waals surface area contributed by atoms with Crippen molar-refractivity contribution in [1.29, 1.82) is 0 Å². The SMILES string of the molecule is CC(=O)O[C@H]1O[C@H](CBr)[C@@H](OC(C)=O)[C@H]1OC(C)=O. The molecule has 108 valence electrons. The van der Waals surface area contributed by atoms with Crippen LogP contribution in [0.25, 0.3) is 0 Å². The Hall–Kier alpha value is -1.15. The Bertz CT molecular complexity index is 370. The second-order valence-electron chi connectivity index (χ2n) is 3.95. The van der Waals surface area contributed by atoms with Gasteiger partial charge < -0.3 is 18.9 Å². The van der Waals surface area contributed by atoms with Crippen LogP contribution in [0.1, 0.15) is 20.8 Å². The molecular weight excluding hydrogens is 324 g/mol. The Morgan fingerprint density at radius 1 is 0.947 bits per heavy atom. The lowest BCUT2D eigenvalue weighted by atomic mass is 10.1. The Morgan fingerprint density at radius 3 is 1.84 bits per heavy atom. The van der Waals surface area contributed by atoms with Crippen molar-refractivity contribution in [2.45, 2.75) is 45.4 Å². The van der Waals surface area contributed by atoms with Crippen LogP contribution < -0.4 is 0 Å². The number of rotatable bonds is 4. The zero-order chi connectivity index (χ0) is 14.6. The molecule has 0 unspecified atom stereocenters. The third-order valence-electron chi connectivity index (χ3n) is 2.31. The van der Waals surface area contributed by atoms with Crippen LogP contribution in [-0.4, -0.2) is 47.8 Å². The standard InChI is InChI=1S/C11H15BrO7/c1-5(13)16-9-8(4-12)19-11(18-7(3)15)10(9)17-6(2)14/h8-11H,4H2,1-3H3/t8-,9-,10-,11+/m1/s1. The van der Waals surface area contributed by atoms with Crippen LogP contribution in [0.3, 0.4) is 0 Å². The minimum atomic E-state index is -1.09. The first-order valence-corrected chi connectivity index (χ1v) is 6.70. The summed E-state index contributed by atoms with van der Waals surface area (Å²) in [5.74, 6) is -1.71. The normalized spacial score (nSPS) is 29.7. The van der Waals surface area contributed by atoms with Crippen molar-refractivity contribution in [3.05, 3.63) is 0 Å². The number of alkyl halides is 1. The van der Waals surface area contributed by atoms with Gasteiger partial charge in [-0.3, -0.25) is 14.4 Å². The van der Waals surface area contributed by atoms with E-state index in [0.29, 0.717) is 5.33 Å². The molecule has 1 rings (SSSR count). The summed E-state index contributed by atoms with van der Waals surface area (Å²) in [5.41, 5.74) is 0. The second kappa shape index (κ2) is 6.85. The molecule has 0 aromatic carbocycles. The smallest absolute Gasteiger partial charge is 0.305 e. The molecule has 19 heavy (non-hydrogen) atoms. The molecule has 0 spiro atoms. The average molecular weight is 339 g/mol. The second-order valence-corrected chi connectivity index (χ2v) is 4.60. The molecule has 1 aliphatic rings. The van der Waals surface area contributed by atoms with Gasteiger partial charge in [0.1, 0.15) is 6.10 Å². The van der Waals surface area contributed by atoms with E-state index in [-0.39, 0.29) is 0 Å². The maximum Gasteiger partial charge on any atom is 0.305 e. The van der Waals surface area contributed by atoms with Crippen molar-refractivity contribution in [3.63, 3.8) is 0 Å². The fourth-order valence-corrected chi connectivity index (χ4v) is 2.25. The minimum absolute atomic E-state index is 0.334. The van der Waals surface area contributed by atoms with E-state index in [1.807, 2.05) is 0 Å². The molecule has 0 radical (unpaired) electrons. The summed E-state index contributed by atoms with van der Waals surface area (Å²) in [5, 5.41) is 0.334. The highest BCUT2D eigenvalue weighted by Gasteiger charge is 2.50. The first-order valence-electron chi connectivity index (χ1n) is 5.58. The number of hydrogen-bond donors (Lipinski definition) is 0. The molecule has 0 aliphatic carbocycles. The van der Waals surface area contributed by atoms with Crippen molar-refractivity contribution < 1.29 is 33.3 Å². The number of ether oxygens (including phenoxy) is 4. The molecule has 0 N–H and O–H groups in total. The summed E-state index contributed by atoms with van der Waals surface area (Å²) in [6, 6.07) is 0. The summed E-state index contributed by atoms with van der Waals surface area (Å²) in [6.45, 7) is 3.64. The predicted molar refractivity (Wildman–Crippen MR) is 65.3 cm³/mol. The average Bonchev–Trinajstić information content (AvgIpc) is 2.55. The lowest BCUT2D eigenvalue weighted by molar-refractivity contribution is -0.194. The van der Waals surface area contributed by atoms with Crippen LogP contribution in [-0.2, 0) is 33.3 Å². The molecule has 1 aliphatic heterocycles. The fourth-order valence-electron chi connectivity index (χ4n) is 1.73. The highest BCUT2D eigenvalue weighted by Crippen LogP contribution is 2.29. The number of esters is 3. The fraction of sp³-hybridized carbons (Fsp3) is 0.727. The molecule has 1 saturated heterocycles. The summed E-state index contributed by atoms with van der Waals surface area (Å²) >= 11 is 3.20. The van der Waals surface area contributed by atoms with Gasteiger partial charge in [0.2, 0.25) is 12.4 Å². The van der Waals surface area contributed by atoms with Gasteiger partial charge in [0.25, 0.3) is 0 Å². The molecule has 8 heteroatoms. The quantitative estimate of drug-likeness (QED) is 0.419. The number of halogens is 1. The maximum absolute atomic E-state index is 11.1. The number of carbonyl (C=O) groups is 3. The van der Waals surface area contributed by atoms with Gasteiger partial charge in [-0.05, 0) is 0 Å². The minimum Gasteiger partial charge on any atom is -0.455 e. The first kappa shape index (κ1) is 15.9. The van der Waals surface area contributed by atoms with Gasteiger partial charge in [0, 0.05) is 26.1 Å². The van der Waals surface area contributed by atoms with Gasteiger partial charge in [0.05, 0.1) is 0 Å². The maximum atomic E-state index is 11.1. The van der Waals surface area contributed by atoms with Crippen LogP contribution in [0.15, 0.2) is 0 Å². The van der Waals surface area contributed by atoms with Crippen LogP contribution in [0.4, 0.5) is 0 Å². The summed E-state index contributed by atoms with van der Waals surface area (Å²) in [4.78, 5) is 33.2. The van der Waals surface area contributed by atoms with Crippen LogP contribution >= 0.6 is 15.9 Å². The molecule has 0 amide bonds. The van der Waals surface area contributed by atoms with E-state index >= 15 is 0 Å². The molecular formula is C11H15BrO7. The molecule has 0 bridgehead atoms. The first-order chi connectivity index (χ1) is 8.85. The summed E-state index contributed by atoms with van der Waals surface area (Å²) in [7, 11) is 0. The van der Waals surface area contributed by atoms with Crippen molar-refractivity contribution >= 4 is 33.8 Å². The number of carbonyl (C=O) groups excluding carboxylic acids is 3. The largest absolute Gasteiger partial charge is 0.455 e. The molecule has 0 aromatic rings. The van der Waals surface area contributed by atoms with Crippen molar-refractivity contribution in [2.75, 3.05) is 5.33 Å². The van der Waals surface area contributed by atoms with Crippen LogP contribution in [0.5, 0.6) is 0 Å². The monoisotopic (exact) mass is 338 g/mol. The molecule has 1 fully saturated rings. The zero-order valence-corrected chi connectivity index (χ0v) is 12.3. The van der Waals surface area contributed by atoms with Gasteiger partial charge in [-0.25, -0.2) is 0 Å². The highest BCUT2D eigenvalue weighted by atomic mass is 79.9. The third-order valence-corrected chi connectivity index (χ3v) is 2.94. The van der Waals surface area contributed by atoms with Crippen molar-refractivity contribution in [2.24, 2.45) is 0 Å². The summed E-state index contributed by atoms with van der Waals surface area (Å²) < 4.78 is 20.4. The highest BCUT2D eigenvalue weighted by molar-refractivity contribution is 9.09. The number of hydrogen-bond acceptors (Lipinski definition) is 7. The van der Waals surface area contributed by atoms with E-state index in [0.717, 1.165) is 0 Å². The molecule has 0 aromatic heterocycles. The molecule has 0 saturated carbocycles. The Labute approximate surface area is 118 Å². The van der Waals surface area contributed by atoms with Gasteiger partial charge in [0.15, 0.2) is 6.10 Å². The van der Waals surface area contributed by atoms with E-state index in [2.05, 4.69) is 15.9 Å². The molecule has 1 heterocycles. The Balaban J connectivity index is 2.90. The topological polar surface area (TPSA) is 88.1 Å². The molecule has 4 atom stereocenters. The van der Waals surface area contributed by atoms with E-state index in [9.17, 15) is 14.4 Å². The van der Waals surface area contributed by atoms with E-state index in [1.165, 1.54) is 20.8 Å². The Kier molecular flexibility index (Phi) is 5.74.